The molecule has 0 saturated carbocycles. The number of hydrogen-bond acceptors (Lipinski definition) is 3. The lowest BCUT2D eigenvalue weighted by molar-refractivity contribution is -0.138. The topological polar surface area (TPSA) is 35.5 Å². The van der Waals surface area contributed by atoms with E-state index >= 15 is 0 Å². The molecule has 0 N–H and O–H groups in total. The number of hydrogen-bond donors (Lipinski definition) is 0. The van der Waals surface area contributed by atoms with E-state index in [1.165, 1.54) is 44.6 Å². The summed E-state index contributed by atoms with van der Waals surface area (Å²) in [5.74, 6) is -0.154. The van der Waals surface area contributed by atoms with Crippen LogP contribution in [0.1, 0.15) is 21.5 Å². The van der Waals surface area contributed by atoms with E-state index in [9.17, 15) is 18.0 Å². The van der Waals surface area contributed by atoms with Gasteiger partial charge in [0.2, 0.25) is 0 Å². The first kappa shape index (κ1) is 15.9. The molecular formula is C16H13F3O3. The van der Waals surface area contributed by atoms with E-state index in [4.69, 9.17) is 9.47 Å². The molecule has 0 atom stereocenters. The summed E-state index contributed by atoms with van der Waals surface area (Å²) in [6.45, 7) is 0. The number of ketones is 1. The maximum atomic E-state index is 13.1. The third-order valence-corrected chi connectivity index (χ3v) is 3.13. The molecule has 2 aromatic rings. The van der Waals surface area contributed by atoms with Crippen LogP contribution in [0, 0.1) is 0 Å². The van der Waals surface area contributed by atoms with Gasteiger partial charge >= 0.3 is 6.18 Å². The summed E-state index contributed by atoms with van der Waals surface area (Å²) in [5.41, 5.74) is -1.29. The largest absolute Gasteiger partial charge is 0.497 e. The zero-order valence-electron chi connectivity index (χ0n) is 11.9. The molecule has 6 heteroatoms. The molecule has 22 heavy (non-hydrogen) atoms. The molecule has 0 amide bonds. The van der Waals surface area contributed by atoms with Crippen molar-refractivity contribution in [1.29, 1.82) is 0 Å². The average molecular weight is 310 g/mol. The molecule has 0 unspecified atom stereocenters. The Balaban J connectivity index is 2.48. The van der Waals surface area contributed by atoms with Crippen molar-refractivity contribution in [3.8, 4) is 11.5 Å². The summed E-state index contributed by atoms with van der Waals surface area (Å²) in [7, 11) is 2.72. The molecule has 0 aliphatic heterocycles. The quantitative estimate of drug-likeness (QED) is 0.802. The van der Waals surface area contributed by atoms with Gasteiger partial charge in [-0.05, 0) is 42.5 Å². The molecule has 2 rings (SSSR count). The van der Waals surface area contributed by atoms with Crippen LogP contribution in [-0.2, 0) is 6.18 Å². The highest BCUT2D eigenvalue weighted by molar-refractivity contribution is 6.10. The predicted molar refractivity (Wildman–Crippen MR) is 74.4 cm³/mol. The number of benzene rings is 2. The zero-order valence-corrected chi connectivity index (χ0v) is 11.9. The fourth-order valence-corrected chi connectivity index (χ4v) is 1.98. The molecule has 0 fully saturated rings. The number of carbonyl (C=O) groups excluding carboxylic acids is 1. The second kappa shape index (κ2) is 6.09. The Labute approximate surface area is 125 Å². The van der Waals surface area contributed by atoms with Crippen molar-refractivity contribution in [2.75, 3.05) is 14.2 Å². The normalized spacial score (nSPS) is 11.1. The smallest absolute Gasteiger partial charge is 0.417 e. The molecule has 0 spiro atoms. The Kier molecular flexibility index (Phi) is 4.40. The lowest BCUT2D eigenvalue weighted by atomic mass is 9.97. The second-order valence-electron chi connectivity index (χ2n) is 4.47. The first-order chi connectivity index (χ1) is 10.4. The van der Waals surface area contributed by atoms with Crippen LogP contribution in [0.25, 0.3) is 0 Å². The van der Waals surface area contributed by atoms with Crippen LogP contribution < -0.4 is 9.47 Å². The number of alkyl halides is 3. The van der Waals surface area contributed by atoms with Crippen LogP contribution >= 0.6 is 0 Å². The summed E-state index contributed by atoms with van der Waals surface area (Å²) in [6, 6.07) is 9.14. The van der Waals surface area contributed by atoms with E-state index in [2.05, 4.69) is 0 Å². The molecule has 116 valence electrons. The van der Waals surface area contributed by atoms with Gasteiger partial charge in [-0.25, -0.2) is 0 Å². The van der Waals surface area contributed by atoms with Crippen LogP contribution in [0.5, 0.6) is 11.5 Å². The minimum Gasteiger partial charge on any atom is -0.497 e. The van der Waals surface area contributed by atoms with Crippen LogP contribution in [0.4, 0.5) is 13.2 Å². The summed E-state index contributed by atoms with van der Waals surface area (Å²) < 4.78 is 49.1. The van der Waals surface area contributed by atoms with Crippen molar-refractivity contribution < 1.29 is 27.4 Å². The van der Waals surface area contributed by atoms with Crippen LogP contribution in [0.15, 0.2) is 42.5 Å². The Morgan fingerprint density at radius 3 is 1.95 bits per heavy atom. The highest BCUT2D eigenvalue weighted by Gasteiger charge is 2.35. The molecule has 0 aromatic heterocycles. The maximum absolute atomic E-state index is 13.1. The molecule has 3 nitrogen and oxygen atoms in total. The molecule has 0 aliphatic rings. The van der Waals surface area contributed by atoms with Crippen molar-refractivity contribution in [1.82, 2.24) is 0 Å². The van der Waals surface area contributed by atoms with Crippen molar-refractivity contribution in [3.63, 3.8) is 0 Å². The van der Waals surface area contributed by atoms with Gasteiger partial charge in [-0.15, -0.1) is 0 Å². The molecule has 0 saturated heterocycles. The predicted octanol–water partition coefficient (Wildman–Crippen LogP) is 3.95. The third-order valence-electron chi connectivity index (χ3n) is 3.13. The molecule has 2 aromatic carbocycles. The van der Waals surface area contributed by atoms with E-state index in [0.717, 1.165) is 12.1 Å². The Bertz CT molecular complexity index is 676. The van der Waals surface area contributed by atoms with Crippen LogP contribution in [0.2, 0.25) is 0 Å². The van der Waals surface area contributed by atoms with E-state index in [1.807, 2.05) is 0 Å². The second-order valence-corrected chi connectivity index (χ2v) is 4.47. The van der Waals surface area contributed by atoms with E-state index in [1.54, 1.807) is 0 Å². The summed E-state index contributed by atoms with van der Waals surface area (Å²) in [5, 5.41) is 0. The summed E-state index contributed by atoms with van der Waals surface area (Å²) in [4.78, 5) is 12.3. The van der Waals surface area contributed by atoms with Crippen molar-refractivity contribution in [3.05, 3.63) is 59.2 Å². The van der Waals surface area contributed by atoms with Crippen LogP contribution in [-0.4, -0.2) is 20.0 Å². The summed E-state index contributed by atoms with van der Waals surface area (Å²) in [6.07, 6.45) is -4.65. The fourth-order valence-electron chi connectivity index (χ4n) is 1.98. The SMILES string of the molecule is COc1ccc(C(=O)c2ccc(OC)cc2C(F)(F)F)cc1. The molecule has 0 radical (unpaired) electrons. The minimum absolute atomic E-state index is 0.0404. The number of rotatable bonds is 4. The fraction of sp³-hybridized carbons (Fsp3) is 0.188. The van der Waals surface area contributed by atoms with Gasteiger partial charge in [0.25, 0.3) is 0 Å². The van der Waals surface area contributed by atoms with Gasteiger partial charge in [-0.3, -0.25) is 4.79 Å². The van der Waals surface area contributed by atoms with Crippen molar-refractivity contribution in [2.45, 2.75) is 6.18 Å². The molecule has 0 heterocycles. The lowest BCUT2D eigenvalue weighted by Gasteiger charge is -2.13. The molecule has 0 bridgehead atoms. The Morgan fingerprint density at radius 2 is 1.45 bits per heavy atom. The van der Waals surface area contributed by atoms with Gasteiger partial charge < -0.3 is 9.47 Å². The monoisotopic (exact) mass is 310 g/mol. The van der Waals surface area contributed by atoms with E-state index in [0.29, 0.717) is 5.75 Å². The number of carbonyl (C=O) groups is 1. The highest BCUT2D eigenvalue weighted by Crippen LogP contribution is 2.35. The van der Waals surface area contributed by atoms with Gasteiger partial charge in [-0.2, -0.15) is 13.2 Å². The average Bonchev–Trinajstić information content (AvgIpc) is 2.53. The Morgan fingerprint density at radius 1 is 0.909 bits per heavy atom. The summed E-state index contributed by atoms with van der Waals surface area (Å²) >= 11 is 0. The first-order valence-electron chi connectivity index (χ1n) is 6.31. The maximum Gasteiger partial charge on any atom is 0.417 e. The Hall–Kier alpha value is -2.50. The number of ether oxygens (including phenoxy) is 2. The van der Waals surface area contributed by atoms with Crippen molar-refractivity contribution >= 4 is 5.78 Å². The van der Waals surface area contributed by atoms with E-state index in [-0.39, 0.29) is 11.3 Å². The lowest BCUT2D eigenvalue weighted by Crippen LogP contribution is -2.14. The standard InChI is InChI=1S/C16H13F3O3/c1-21-11-5-3-10(4-6-11)15(20)13-8-7-12(22-2)9-14(13)16(17,18)19/h3-9H,1-2H3. The van der Waals surface area contributed by atoms with Crippen LogP contribution in [0.3, 0.4) is 0 Å². The van der Waals surface area contributed by atoms with Gasteiger partial charge in [0.05, 0.1) is 19.8 Å². The number of methoxy groups -OCH3 is 2. The molecule has 0 aliphatic carbocycles. The first-order valence-corrected chi connectivity index (χ1v) is 6.31. The highest BCUT2D eigenvalue weighted by atomic mass is 19.4. The zero-order chi connectivity index (χ0) is 16.3. The van der Waals surface area contributed by atoms with Gasteiger partial charge in [0.15, 0.2) is 5.78 Å². The molecular weight excluding hydrogens is 297 g/mol. The van der Waals surface area contributed by atoms with Gasteiger partial charge in [0.1, 0.15) is 11.5 Å². The van der Waals surface area contributed by atoms with Gasteiger partial charge in [-0.1, -0.05) is 0 Å². The van der Waals surface area contributed by atoms with E-state index < -0.39 is 23.1 Å². The third kappa shape index (κ3) is 3.21. The van der Waals surface area contributed by atoms with Gasteiger partial charge in [0, 0.05) is 11.1 Å². The number of halogens is 3. The minimum atomic E-state index is -4.65. The van der Waals surface area contributed by atoms with Crippen molar-refractivity contribution in [2.24, 2.45) is 0 Å².